The molecular formula is C13H24N2O2. The SMILES string of the molecule is CNC(=O)OCC1CCC2(C(C)C)CCCN12. The van der Waals surface area contributed by atoms with Gasteiger partial charge in [0, 0.05) is 18.6 Å². The second kappa shape index (κ2) is 4.84. The average Bonchev–Trinajstić information content (AvgIpc) is 2.85. The predicted molar refractivity (Wildman–Crippen MR) is 66.9 cm³/mol. The number of nitrogens with one attached hydrogen (secondary N) is 1. The van der Waals surface area contributed by atoms with Crippen LogP contribution in [0.3, 0.4) is 0 Å². The van der Waals surface area contributed by atoms with Crippen molar-refractivity contribution in [1.82, 2.24) is 10.2 Å². The Morgan fingerprint density at radius 2 is 2.29 bits per heavy atom. The summed E-state index contributed by atoms with van der Waals surface area (Å²) in [5, 5.41) is 2.50. The van der Waals surface area contributed by atoms with Crippen molar-refractivity contribution in [3.05, 3.63) is 0 Å². The number of carbonyl (C=O) groups excluding carboxylic acids is 1. The topological polar surface area (TPSA) is 41.6 Å². The van der Waals surface area contributed by atoms with Crippen molar-refractivity contribution >= 4 is 6.09 Å². The number of hydrogen-bond acceptors (Lipinski definition) is 3. The normalized spacial score (nSPS) is 32.8. The number of ether oxygens (including phenoxy) is 1. The zero-order valence-corrected chi connectivity index (χ0v) is 11.2. The summed E-state index contributed by atoms with van der Waals surface area (Å²) in [4.78, 5) is 13.7. The lowest BCUT2D eigenvalue weighted by Gasteiger charge is -2.38. The zero-order chi connectivity index (χ0) is 12.5. The van der Waals surface area contributed by atoms with E-state index in [0.29, 0.717) is 24.1 Å². The molecule has 1 amide bonds. The van der Waals surface area contributed by atoms with Gasteiger partial charge in [0.2, 0.25) is 0 Å². The van der Waals surface area contributed by atoms with E-state index in [0.717, 1.165) is 6.42 Å². The maximum absolute atomic E-state index is 11.1. The quantitative estimate of drug-likeness (QED) is 0.820. The smallest absolute Gasteiger partial charge is 0.406 e. The van der Waals surface area contributed by atoms with Crippen molar-refractivity contribution in [1.29, 1.82) is 0 Å². The van der Waals surface area contributed by atoms with Crippen LogP contribution < -0.4 is 5.32 Å². The molecule has 4 heteroatoms. The Balaban J connectivity index is 1.96. The van der Waals surface area contributed by atoms with Crippen LogP contribution in [0, 0.1) is 5.92 Å². The third-order valence-electron chi connectivity index (χ3n) is 4.62. The molecule has 0 aliphatic carbocycles. The number of hydrogen-bond donors (Lipinski definition) is 1. The molecule has 2 heterocycles. The first kappa shape index (κ1) is 12.7. The van der Waals surface area contributed by atoms with E-state index in [2.05, 4.69) is 24.1 Å². The van der Waals surface area contributed by atoms with Gasteiger partial charge >= 0.3 is 6.09 Å². The Labute approximate surface area is 104 Å². The standard InChI is InChI=1S/C13H24N2O2/c1-10(2)13-6-4-8-15(13)11(5-7-13)9-17-12(16)14-3/h10-11H,4-9H2,1-3H3,(H,14,16). The molecule has 0 saturated carbocycles. The summed E-state index contributed by atoms with van der Waals surface area (Å²) < 4.78 is 5.22. The van der Waals surface area contributed by atoms with Crippen molar-refractivity contribution in [2.24, 2.45) is 5.92 Å². The van der Waals surface area contributed by atoms with E-state index in [1.165, 1.54) is 25.8 Å². The zero-order valence-electron chi connectivity index (χ0n) is 11.2. The molecule has 0 aromatic heterocycles. The lowest BCUT2D eigenvalue weighted by atomic mass is 9.83. The van der Waals surface area contributed by atoms with Gasteiger partial charge in [0.05, 0.1) is 0 Å². The van der Waals surface area contributed by atoms with Crippen LogP contribution in [0.15, 0.2) is 0 Å². The molecule has 0 spiro atoms. The van der Waals surface area contributed by atoms with Crippen molar-refractivity contribution in [3.8, 4) is 0 Å². The monoisotopic (exact) mass is 240 g/mol. The molecule has 0 radical (unpaired) electrons. The van der Waals surface area contributed by atoms with Crippen LogP contribution in [0.2, 0.25) is 0 Å². The molecule has 2 aliphatic heterocycles. The van der Waals surface area contributed by atoms with Crippen LogP contribution in [0.4, 0.5) is 4.79 Å². The molecule has 98 valence electrons. The maximum atomic E-state index is 11.1. The molecule has 2 atom stereocenters. The Morgan fingerprint density at radius 1 is 1.53 bits per heavy atom. The molecule has 17 heavy (non-hydrogen) atoms. The fourth-order valence-corrected chi connectivity index (χ4v) is 3.64. The predicted octanol–water partition coefficient (Wildman–Crippen LogP) is 2.00. The van der Waals surface area contributed by atoms with E-state index in [1.54, 1.807) is 7.05 Å². The minimum Gasteiger partial charge on any atom is -0.448 e. The summed E-state index contributed by atoms with van der Waals surface area (Å²) in [5.41, 5.74) is 0.386. The van der Waals surface area contributed by atoms with E-state index in [4.69, 9.17) is 4.74 Å². The van der Waals surface area contributed by atoms with Gasteiger partial charge in [0.1, 0.15) is 6.61 Å². The van der Waals surface area contributed by atoms with Gasteiger partial charge in [-0.25, -0.2) is 4.79 Å². The molecule has 4 nitrogen and oxygen atoms in total. The van der Waals surface area contributed by atoms with Crippen LogP contribution in [0.5, 0.6) is 0 Å². The lowest BCUT2D eigenvalue weighted by molar-refractivity contribution is 0.0626. The minimum atomic E-state index is -0.314. The first-order valence-electron chi connectivity index (χ1n) is 6.71. The van der Waals surface area contributed by atoms with Crippen molar-refractivity contribution in [3.63, 3.8) is 0 Å². The highest BCUT2D eigenvalue weighted by molar-refractivity contribution is 5.66. The molecule has 2 unspecified atom stereocenters. The number of carbonyl (C=O) groups is 1. The molecule has 0 bridgehead atoms. The largest absolute Gasteiger partial charge is 0.448 e. The van der Waals surface area contributed by atoms with Gasteiger partial charge in [-0.1, -0.05) is 13.8 Å². The fraction of sp³-hybridized carbons (Fsp3) is 0.923. The van der Waals surface area contributed by atoms with E-state index in [-0.39, 0.29) is 6.09 Å². The van der Waals surface area contributed by atoms with E-state index in [9.17, 15) is 4.79 Å². The molecular weight excluding hydrogens is 216 g/mol. The van der Waals surface area contributed by atoms with Gasteiger partial charge in [-0.05, 0) is 38.1 Å². The van der Waals surface area contributed by atoms with Gasteiger partial charge in [-0.3, -0.25) is 4.90 Å². The second-order valence-electron chi connectivity index (χ2n) is 5.60. The van der Waals surface area contributed by atoms with Crippen LogP contribution in [0.25, 0.3) is 0 Å². The number of fused-ring (bicyclic) bond motifs is 1. The first-order chi connectivity index (χ1) is 8.10. The van der Waals surface area contributed by atoms with Crippen molar-refractivity contribution < 1.29 is 9.53 Å². The lowest BCUT2D eigenvalue weighted by Crippen LogP contribution is -2.47. The van der Waals surface area contributed by atoms with Crippen molar-refractivity contribution in [2.75, 3.05) is 20.2 Å². The highest BCUT2D eigenvalue weighted by Crippen LogP contribution is 2.46. The molecule has 2 aliphatic rings. The first-order valence-corrected chi connectivity index (χ1v) is 6.71. The van der Waals surface area contributed by atoms with Gasteiger partial charge in [0.25, 0.3) is 0 Å². The highest BCUT2D eigenvalue weighted by atomic mass is 16.5. The van der Waals surface area contributed by atoms with Crippen LogP contribution >= 0.6 is 0 Å². The molecule has 1 N–H and O–H groups in total. The molecule has 2 saturated heterocycles. The van der Waals surface area contributed by atoms with Gasteiger partial charge in [0.15, 0.2) is 0 Å². The minimum absolute atomic E-state index is 0.314. The molecule has 2 fully saturated rings. The number of rotatable bonds is 3. The summed E-state index contributed by atoms with van der Waals surface area (Å²) in [6, 6.07) is 0.428. The van der Waals surface area contributed by atoms with Crippen LogP contribution in [0.1, 0.15) is 39.5 Å². The summed E-state index contributed by atoms with van der Waals surface area (Å²) in [5.74, 6) is 0.690. The Bertz CT molecular complexity index is 293. The van der Waals surface area contributed by atoms with Crippen LogP contribution in [-0.2, 0) is 4.74 Å². The Hall–Kier alpha value is -0.770. The highest BCUT2D eigenvalue weighted by Gasteiger charge is 2.50. The van der Waals surface area contributed by atoms with Crippen LogP contribution in [-0.4, -0.2) is 42.8 Å². The molecule has 0 aromatic rings. The summed E-state index contributed by atoms with van der Waals surface area (Å²) in [6.45, 7) is 6.34. The summed E-state index contributed by atoms with van der Waals surface area (Å²) in [7, 11) is 1.60. The van der Waals surface area contributed by atoms with Gasteiger partial charge in [-0.2, -0.15) is 0 Å². The van der Waals surface area contributed by atoms with Crippen molar-refractivity contribution in [2.45, 2.75) is 51.1 Å². The third-order valence-corrected chi connectivity index (χ3v) is 4.62. The molecule has 0 aromatic carbocycles. The third kappa shape index (κ3) is 2.15. The fourth-order valence-electron chi connectivity index (χ4n) is 3.64. The van der Waals surface area contributed by atoms with E-state index in [1.807, 2.05) is 0 Å². The Kier molecular flexibility index (Phi) is 3.61. The summed E-state index contributed by atoms with van der Waals surface area (Å²) in [6.07, 6.45) is 4.70. The average molecular weight is 240 g/mol. The second-order valence-corrected chi connectivity index (χ2v) is 5.60. The van der Waals surface area contributed by atoms with E-state index < -0.39 is 0 Å². The number of nitrogens with zero attached hydrogens (tertiary/aromatic N) is 1. The summed E-state index contributed by atoms with van der Waals surface area (Å²) >= 11 is 0. The van der Waals surface area contributed by atoms with E-state index >= 15 is 0 Å². The number of alkyl carbamates (subject to hydrolysis) is 1. The molecule has 2 rings (SSSR count). The van der Waals surface area contributed by atoms with Gasteiger partial charge in [-0.15, -0.1) is 0 Å². The maximum Gasteiger partial charge on any atom is 0.406 e. The number of amides is 1. The van der Waals surface area contributed by atoms with Gasteiger partial charge < -0.3 is 10.1 Å². The Morgan fingerprint density at radius 3 is 2.94 bits per heavy atom.